The number of likely N-dealkylation sites (tertiary alicyclic amines) is 2. The van der Waals surface area contributed by atoms with E-state index in [1.807, 2.05) is 0 Å². The van der Waals surface area contributed by atoms with Gasteiger partial charge in [0.2, 0.25) is 0 Å². The van der Waals surface area contributed by atoms with Gasteiger partial charge < -0.3 is 20.4 Å². The normalized spacial score (nSPS) is 22.0. The Morgan fingerprint density at radius 3 is 2.28 bits per heavy atom. The summed E-state index contributed by atoms with van der Waals surface area (Å²) in [5.74, 6) is 1.88. The highest BCUT2D eigenvalue weighted by molar-refractivity contribution is 14.0. The highest BCUT2D eigenvalue weighted by atomic mass is 127. The highest BCUT2D eigenvalue weighted by Gasteiger charge is 2.21. The Kier molecular flexibility index (Phi) is 11.3. The van der Waals surface area contributed by atoms with Gasteiger partial charge in [0.15, 0.2) is 5.96 Å². The number of piperidine rings is 2. The monoisotopic (exact) mass is 465 g/mol. The molecule has 0 spiro atoms. The molecule has 2 saturated heterocycles. The topological polar surface area (TPSA) is 42.9 Å². The molecule has 0 amide bonds. The van der Waals surface area contributed by atoms with E-state index in [9.17, 15) is 0 Å². The minimum atomic E-state index is 0. The molecular weight excluding hydrogens is 425 g/mol. The summed E-state index contributed by atoms with van der Waals surface area (Å²) in [5.41, 5.74) is 0. The van der Waals surface area contributed by atoms with Gasteiger partial charge in [-0.15, -0.1) is 24.0 Å². The molecule has 2 fully saturated rings. The summed E-state index contributed by atoms with van der Waals surface area (Å²) in [5, 5.41) is 7.09. The minimum absolute atomic E-state index is 0. The molecule has 5 nitrogen and oxygen atoms in total. The molecule has 2 aliphatic heterocycles. The van der Waals surface area contributed by atoms with Crippen molar-refractivity contribution < 1.29 is 0 Å². The Morgan fingerprint density at radius 1 is 1.08 bits per heavy atom. The fourth-order valence-corrected chi connectivity index (χ4v) is 3.78. The summed E-state index contributed by atoms with van der Waals surface area (Å²) in [7, 11) is 2.23. The fraction of sp³-hybridized carbons (Fsp3) is 0.947. The smallest absolute Gasteiger partial charge is 0.191 e. The first-order valence-corrected chi connectivity index (χ1v) is 10.1. The van der Waals surface area contributed by atoms with Crippen LogP contribution in [0.15, 0.2) is 4.99 Å². The minimum Gasteiger partial charge on any atom is -0.357 e. The van der Waals surface area contributed by atoms with Crippen LogP contribution >= 0.6 is 24.0 Å². The molecule has 0 bridgehead atoms. The maximum absolute atomic E-state index is 4.84. The zero-order valence-corrected chi connectivity index (χ0v) is 19.1. The van der Waals surface area contributed by atoms with E-state index in [0.717, 1.165) is 25.0 Å². The first-order valence-electron chi connectivity index (χ1n) is 10.1. The van der Waals surface area contributed by atoms with E-state index >= 15 is 0 Å². The maximum atomic E-state index is 4.84. The van der Waals surface area contributed by atoms with Gasteiger partial charge in [-0.3, -0.25) is 4.99 Å². The van der Waals surface area contributed by atoms with Gasteiger partial charge in [-0.05, 0) is 78.9 Å². The molecule has 0 atom stereocenters. The number of rotatable bonds is 6. The molecule has 148 valence electrons. The van der Waals surface area contributed by atoms with Gasteiger partial charge in [0.05, 0.1) is 0 Å². The van der Waals surface area contributed by atoms with E-state index in [4.69, 9.17) is 4.99 Å². The van der Waals surface area contributed by atoms with Crippen LogP contribution in [0.5, 0.6) is 0 Å². The van der Waals surface area contributed by atoms with Gasteiger partial charge in [-0.25, -0.2) is 0 Å². The standard InChI is InChI=1S/C19H39N5.HI/c1-5-20-19(21-11-6-17-7-12-23(4)13-8-17)22-18-9-14-24(15-10-18)16(2)3;/h16-18H,5-15H2,1-4H3,(H2,20,21,22);1H. The van der Waals surface area contributed by atoms with E-state index < -0.39 is 0 Å². The van der Waals surface area contributed by atoms with Crippen molar-refractivity contribution in [2.45, 2.75) is 65.0 Å². The first kappa shape index (κ1) is 23.0. The van der Waals surface area contributed by atoms with Crippen molar-refractivity contribution in [3.8, 4) is 0 Å². The van der Waals surface area contributed by atoms with Crippen LogP contribution in [0.3, 0.4) is 0 Å². The van der Waals surface area contributed by atoms with Crippen LogP contribution in [-0.2, 0) is 0 Å². The van der Waals surface area contributed by atoms with Gasteiger partial charge in [0.1, 0.15) is 0 Å². The average molecular weight is 465 g/mol. The van der Waals surface area contributed by atoms with Crippen molar-refractivity contribution in [1.82, 2.24) is 20.4 Å². The van der Waals surface area contributed by atoms with E-state index in [1.54, 1.807) is 0 Å². The van der Waals surface area contributed by atoms with Crippen LogP contribution in [-0.4, -0.2) is 74.2 Å². The van der Waals surface area contributed by atoms with Crippen molar-refractivity contribution in [3.63, 3.8) is 0 Å². The predicted octanol–water partition coefficient (Wildman–Crippen LogP) is 2.76. The Bertz CT molecular complexity index is 372. The number of aliphatic imine (C=N–C) groups is 1. The molecule has 2 heterocycles. The SMILES string of the molecule is CCNC(=NCCC1CCN(C)CC1)NC1CCN(C(C)C)CC1.I. The van der Waals surface area contributed by atoms with Crippen molar-refractivity contribution in [2.75, 3.05) is 46.3 Å². The first-order chi connectivity index (χ1) is 11.6. The second kappa shape index (κ2) is 12.3. The van der Waals surface area contributed by atoms with Gasteiger partial charge >= 0.3 is 0 Å². The molecule has 2 rings (SSSR count). The Labute approximate surface area is 172 Å². The number of guanidine groups is 1. The third-order valence-corrected chi connectivity index (χ3v) is 5.59. The fourth-order valence-electron chi connectivity index (χ4n) is 3.78. The van der Waals surface area contributed by atoms with Crippen molar-refractivity contribution >= 4 is 29.9 Å². The van der Waals surface area contributed by atoms with Crippen LogP contribution in [0, 0.1) is 5.92 Å². The molecule has 2 aliphatic rings. The summed E-state index contributed by atoms with van der Waals surface area (Å²) in [6.07, 6.45) is 6.35. The van der Waals surface area contributed by atoms with Crippen LogP contribution in [0.2, 0.25) is 0 Å². The second-order valence-electron chi connectivity index (χ2n) is 7.84. The lowest BCUT2D eigenvalue weighted by atomic mass is 9.94. The van der Waals surface area contributed by atoms with Crippen molar-refractivity contribution in [3.05, 3.63) is 0 Å². The molecule has 0 radical (unpaired) electrons. The lowest BCUT2D eigenvalue weighted by molar-refractivity contribution is 0.167. The maximum Gasteiger partial charge on any atom is 0.191 e. The zero-order valence-electron chi connectivity index (χ0n) is 16.8. The lowest BCUT2D eigenvalue weighted by Gasteiger charge is -2.35. The number of hydrogen-bond acceptors (Lipinski definition) is 3. The average Bonchev–Trinajstić information content (AvgIpc) is 2.57. The molecule has 0 saturated carbocycles. The Morgan fingerprint density at radius 2 is 1.72 bits per heavy atom. The quantitative estimate of drug-likeness (QED) is 0.360. The Hall–Kier alpha value is -0.0800. The second-order valence-corrected chi connectivity index (χ2v) is 7.84. The molecule has 0 aliphatic carbocycles. The summed E-state index contributed by atoms with van der Waals surface area (Å²) >= 11 is 0. The number of hydrogen-bond donors (Lipinski definition) is 2. The Balaban J connectivity index is 0.00000312. The van der Waals surface area contributed by atoms with Crippen LogP contribution in [0.4, 0.5) is 0 Å². The van der Waals surface area contributed by atoms with Gasteiger partial charge in [-0.2, -0.15) is 0 Å². The van der Waals surface area contributed by atoms with E-state index in [1.165, 1.54) is 58.3 Å². The van der Waals surface area contributed by atoms with Crippen LogP contribution in [0.25, 0.3) is 0 Å². The van der Waals surface area contributed by atoms with Crippen molar-refractivity contribution in [2.24, 2.45) is 10.9 Å². The summed E-state index contributed by atoms with van der Waals surface area (Å²) in [4.78, 5) is 9.85. The summed E-state index contributed by atoms with van der Waals surface area (Å²) < 4.78 is 0. The van der Waals surface area contributed by atoms with Crippen molar-refractivity contribution in [1.29, 1.82) is 0 Å². The molecule has 0 aromatic carbocycles. The number of halogens is 1. The zero-order chi connectivity index (χ0) is 17.4. The van der Waals surface area contributed by atoms with Gasteiger partial charge in [-0.1, -0.05) is 0 Å². The molecule has 6 heteroatoms. The third-order valence-electron chi connectivity index (χ3n) is 5.59. The highest BCUT2D eigenvalue weighted by Crippen LogP contribution is 2.19. The number of nitrogens with one attached hydrogen (secondary N) is 2. The van der Waals surface area contributed by atoms with E-state index in [-0.39, 0.29) is 24.0 Å². The summed E-state index contributed by atoms with van der Waals surface area (Å²) in [6, 6.07) is 1.24. The predicted molar refractivity (Wildman–Crippen MR) is 119 cm³/mol. The largest absolute Gasteiger partial charge is 0.357 e. The molecule has 2 N–H and O–H groups in total. The van der Waals surface area contributed by atoms with E-state index in [0.29, 0.717) is 12.1 Å². The molecule has 0 aromatic rings. The lowest BCUT2D eigenvalue weighted by Crippen LogP contribution is -2.49. The third kappa shape index (κ3) is 8.43. The van der Waals surface area contributed by atoms with Crippen LogP contribution in [0.1, 0.15) is 52.9 Å². The van der Waals surface area contributed by atoms with Crippen LogP contribution < -0.4 is 10.6 Å². The van der Waals surface area contributed by atoms with Gasteiger partial charge in [0.25, 0.3) is 0 Å². The van der Waals surface area contributed by atoms with Gasteiger partial charge in [0, 0.05) is 38.3 Å². The molecule has 0 aromatic heterocycles. The molecule has 25 heavy (non-hydrogen) atoms. The number of nitrogens with zero attached hydrogens (tertiary/aromatic N) is 3. The molecular formula is C19H40IN5. The van der Waals surface area contributed by atoms with E-state index in [2.05, 4.69) is 48.3 Å². The molecule has 0 unspecified atom stereocenters. The summed E-state index contributed by atoms with van der Waals surface area (Å²) in [6.45, 7) is 13.5.